The van der Waals surface area contributed by atoms with E-state index in [2.05, 4.69) is 19.8 Å². The minimum absolute atomic E-state index is 0. The monoisotopic (exact) mass is 391 g/mol. The Hall–Kier alpha value is -2.09. The quantitative estimate of drug-likeness (QED) is 0.779. The van der Waals surface area contributed by atoms with Crippen LogP contribution in [0.15, 0.2) is 12.4 Å². The minimum Gasteiger partial charge on any atom is -0.478 e. The van der Waals surface area contributed by atoms with E-state index in [1.165, 1.54) is 19.3 Å². The lowest BCUT2D eigenvalue weighted by Crippen LogP contribution is -2.58. The maximum Gasteiger partial charge on any atom is 0.409 e. The third kappa shape index (κ3) is 3.87. The number of carbonyl (C=O) groups excluding carboxylic acids is 1. The van der Waals surface area contributed by atoms with Gasteiger partial charge in [0.05, 0.1) is 13.7 Å². The van der Waals surface area contributed by atoms with Gasteiger partial charge in [-0.05, 0) is 26.2 Å². The van der Waals surface area contributed by atoms with E-state index in [0.717, 1.165) is 45.1 Å². The van der Waals surface area contributed by atoms with Crippen molar-refractivity contribution in [3.63, 3.8) is 0 Å². The average molecular weight is 392 g/mol. The lowest BCUT2D eigenvalue weighted by molar-refractivity contribution is -0.00294. The Balaban J connectivity index is 0.00000225. The number of hydrogen-bond donors (Lipinski definition) is 0. The predicted molar refractivity (Wildman–Crippen MR) is 108 cm³/mol. The van der Waals surface area contributed by atoms with E-state index < -0.39 is 0 Å². The summed E-state index contributed by atoms with van der Waals surface area (Å²) in [6.45, 7) is 7.96. The molecule has 3 aliphatic rings. The van der Waals surface area contributed by atoms with Gasteiger partial charge in [0.15, 0.2) is 5.82 Å². The maximum absolute atomic E-state index is 11.8. The van der Waals surface area contributed by atoms with E-state index in [4.69, 9.17) is 9.47 Å². The van der Waals surface area contributed by atoms with E-state index in [1.807, 2.05) is 11.8 Å². The number of piperazine rings is 1. The third-order valence-corrected chi connectivity index (χ3v) is 6.23. The highest BCUT2D eigenvalue weighted by Crippen LogP contribution is 2.47. The molecule has 1 aromatic rings. The highest BCUT2D eigenvalue weighted by Gasteiger charge is 2.51. The van der Waals surface area contributed by atoms with Gasteiger partial charge >= 0.3 is 6.09 Å². The molecule has 1 saturated carbocycles. The van der Waals surface area contributed by atoms with Crippen molar-refractivity contribution in [2.45, 2.75) is 39.7 Å². The summed E-state index contributed by atoms with van der Waals surface area (Å²) in [5.74, 6) is 1.44. The fraction of sp³-hybridized carbons (Fsp3) is 0.750. The van der Waals surface area contributed by atoms with Crippen molar-refractivity contribution in [2.75, 3.05) is 57.9 Å². The van der Waals surface area contributed by atoms with Gasteiger partial charge in [0.25, 0.3) is 5.88 Å². The van der Waals surface area contributed by atoms with Crippen LogP contribution in [0.1, 0.15) is 33.6 Å². The van der Waals surface area contributed by atoms with E-state index in [-0.39, 0.29) is 13.5 Å². The Morgan fingerprint density at radius 2 is 1.93 bits per heavy atom. The highest BCUT2D eigenvalue weighted by molar-refractivity contribution is 5.69. The molecule has 1 aliphatic carbocycles. The number of anilines is 1. The van der Waals surface area contributed by atoms with Crippen LogP contribution in [-0.2, 0) is 4.74 Å². The summed E-state index contributed by atoms with van der Waals surface area (Å²) in [5, 5.41) is 0. The van der Waals surface area contributed by atoms with Crippen LogP contribution in [0.5, 0.6) is 5.88 Å². The molecule has 2 aliphatic heterocycles. The lowest BCUT2D eigenvalue weighted by atomic mass is 9.78. The zero-order chi connectivity index (χ0) is 18.9. The Bertz CT molecular complexity index is 672. The number of aromatic nitrogens is 2. The molecule has 4 rings (SSSR count). The lowest BCUT2D eigenvalue weighted by Gasteiger charge is -2.48. The van der Waals surface area contributed by atoms with Gasteiger partial charge in [-0.2, -0.15) is 0 Å². The largest absolute Gasteiger partial charge is 0.478 e. The van der Waals surface area contributed by atoms with Gasteiger partial charge < -0.3 is 19.3 Å². The number of rotatable bonds is 4. The van der Waals surface area contributed by atoms with Crippen LogP contribution in [0.25, 0.3) is 0 Å². The van der Waals surface area contributed by atoms with Crippen LogP contribution in [0.3, 0.4) is 0 Å². The number of likely N-dealkylation sites (tertiary alicyclic amines) is 1. The molecule has 0 bridgehead atoms. The van der Waals surface area contributed by atoms with Gasteiger partial charge in [-0.3, -0.25) is 4.90 Å². The second kappa shape index (κ2) is 8.51. The summed E-state index contributed by atoms with van der Waals surface area (Å²) in [7, 11) is 1.64. The molecule has 0 radical (unpaired) electrons. The van der Waals surface area contributed by atoms with E-state index in [1.54, 1.807) is 19.5 Å². The summed E-state index contributed by atoms with van der Waals surface area (Å²) in [4.78, 5) is 27.3. The van der Waals surface area contributed by atoms with Crippen molar-refractivity contribution in [1.82, 2.24) is 19.8 Å². The van der Waals surface area contributed by atoms with Crippen LogP contribution in [0.4, 0.5) is 10.6 Å². The van der Waals surface area contributed by atoms with E-state index in [0.29, 0.717) is 23.9 Å². The normalized spacial score (nSPS) is 23.9. The van der Waals surface area contributed by atoms with Gasteiger partial charge in [-0.1, -0.05) is 7.43 Å². The molecule has 1 spiro atoms. The number of ether oxygens (including phenoxy) is 2. The van der Waals surface area contributed by atoms with Crippen molar-refractivity contribution in [3.05, 3.63) is 12.4 Å². The first-order valence-electron chi connectivity index (χ1n) is 9.90. The minimum atomic E-state index is -0.155. The molecular weight excluding hydrogens is 358 g/mol. The molecule has 8 nitrogen and oxygen atoms in total. The Kier molecular flexibility index (Phi) is 6.27. The second-order valence-electron chi connectivity index (χ2n) is 7.86. The smallest absolute Gasteiger partial charge is 0.409 e. The fourth-order valence-corrected chi connectivity index (χ4v) is 4.86. The van der Waals surface area contributed by atoms with Crippen LogP contribution in [0, 0.1) is 5.41 Å². The molecule has 1 atom stereocenters. The standard InChI is InChI=1S/C19H29N5O3.CH4/c1-3-27-18(25)24-13-19(14-24)5-4-15(12-19)22-8-10-23(11-9-22)16-17(26-2)21-7-6-20-16;/h6-7,15H,3-5,8-14H2,1-2H3;1H4. The van der Waals surface area contributed by atoms with Crippen LogP contribution in [0.2, 0.25) is 0 Å². The van der Waals surface area contributed by atoms with Crippen LogP contribution in [-0.4, -0.2) is 84.9 Å². The van der Waals surface area contributed by atoms with Gasteiger partial charge in [0, 0.05) is 63.1 Å². The molecule has 0 N–H and O–H groups in total. The predicted octanol–water partition coefficient (Wildman–Crippen LogP) is 2.25. The molecule has 1 amide bonds. The Morgan fingerprint density at radius 3 is 2.61 bits per heavy atom. The summed E-state index contributed by atoms with van der Waals surface area (Å²) >= 11 is 0. The topological polar surface area (TPSA) is 71.0 Å². The first-order chi connectivity index (χ1) is 13.1. The SMILES string of the molecule is C.CCOC(=O)N1CC2(CCC(N3CCN(c4nccnc4OC)CC3)C2)C1. The summed E-state index contributed by atoms with van der Waals surface area (Å²) in [6, 6.07) is 0.625. The zero-order valence-corrected chi connectivity index (χ0v) is 16.3. The van der Waals surface area contributed by atoms with Gasteiger partial charge in [0.2, 0.25) is 0 Å². The highest BCUT2D eigenvalue weighted by atomic mass is 16.6. The molecule has 28 heavy (non-hydrogen) atoms. The molecule has 1 unspecified atom stereocenters. The second-order valence-corrected chi connectivity index (χ2v) is 7.86. The number of hydrogen-bond acceptors (Lipinski definition) is 7. The number of nitrogens with zero attached hydrogens (tertiary/aromatic N) is 5. The first-order valence-corrected chi connectivity index (χ1v) is 9.90. The van der Waals surface area contributed by atoms with Crippen LogP contribution >= 0.6 is 0 Å². The van der Waals surface area contributed by atoms with Gasteiger partial charge in [-0.25, -0.2) is 14.8 Å². The molecule has 156 valence electrons. The zero-order valence-electron chi connectivity index (χ0n) is 16.3. The third-order valence-electron chi connectivity index (χ3n) is 6.23. The Morgan fingerprint density at radius 1 is 1.21 bits per heavy atom. The van der Waals surface area contributed by atoms with Gasteiger partial charge in [-0.15, -0.1) is 0 Å². The van der Waals surface area contributed by atoms with E-state index >= 15 is 0 Å². The van der Waals surface area contributed by atoms with Crippen molar-refractivity contribution < 1.29 is 14.3 Å². The fourth-order valence-electron chi connectivity index (χ4n) is 4.86. The van der Waals surface area contributed by atoms with Crippen LogP contribution < -0.4 is 9.64 Å². The molecule has 8 heteroatoms. The summed E-state index contributed by atoms with van der Waals surface area (Å²) in [6.07, 6.45) is 6.86. The van der Waals surface area contributed by atoms with E-state index in [9.17, 15) is 4.79 Å². The van der Waals surface area contributed by atoms with Crippen molar-refractivity contribution in [2.24, 2.45) is 5.41 Å². The van der Waals surface area contributed by atoms with Gasteiger partial charge in [0.1, 0.15) is 0 Å². The Labute approximate surface area is 167 Å². The molecule has 3 heterocycles. The maximum atomic E-state index is 11.8. The first kappa shape index (κ1) is 20.6. The molecule has 0 aromatic carbocycles. The van der Waals surface area contributed by atoms with Crippen molar-refractivity contribution in [3.8, 4) is 5.88 Å². The number of carbonyl (C=O) groups is 1. The molecular formula is C20H33N5O3. The summed E-state index contributed by atoms with van der Waals surface area (Å²) in [5.41, 5.74) is 0.322. The number of amides is 1. The van der Waals surface area contributed by atoms with Crippen molar-refractivity contribution >= 4 is 11.9 Å². The van der Waals surface area contributed by atoms with Crippen molar-refractivity contribution in [1.29, 1.82) is 0 Å². The molecule has 1 aromatic heterocycles. The number of methoxy groups -OCH3 is 1. The molecule has 2 saturated heterocycles. The molecule has 3 fully saturated rings. The summed E-state index contributed by atoms with van der Waals surface area (Å²) < 4.78 is 10.5. The average Bonchev–Trinajstić information content (AvgIpc) is 3.13.